The largest absolute Gasteiger partial charge is 0.493 e. The number of rotatable bonds is 5. The summed E-state index contributed by atoms with van der Waals surface area (Å²) in [5, 5.41) is 11.3. The van der Waals surface area contributed by atoms with Gasteiger partial charge in [-0.25, -0.2) is 9.79 Å². The molecule has 134 valence electrons. The van der Waals surface area contributed by atoms with Gasteiger partial charge in [0, 0.05) is 0 Å². The second kappa shape index (κ2) is 7.00. The smallest absolute Gasteiger partial charge is 0.363 e. The number of ether oxygens (including phenoxy) is 3. The van der Waals surface area contributed by atoms with E-state index in [0.717, 1.165) is 0 Å². The van der Waals surface area contributed by atoms with Gasteiger partial charge in [0.15, 0.2) is 27.6 Å². The zero-order valence-electron chi connectivity index (χ0n) is 13.5. The van der Waals surface area contributed by atoms with Crippen molar-refractivity contribution < 1.29 is 28.3 Å². The number of nitro groups is 1. The van der Waals surface area contributed by atoms with Crippen molar-refractivity contribution in [3.63, 3.8) is 0 Å². The number of hydrogen-bond acceptors (Lipinski definition) is 8. The summed E-state index contributed by atoms with van der Waals surface area (Å²) < 4.78 is 21.0. The van der Waals surface area contributed by atoms with Crippen molar-refractivity contribution in [1.82, 2.24) is 0 Å². The SMILES string of the molecule is COc1cc(/C=C2/N=C(c3ccc(Br)o3)OC2=O)c([N+](=O)[O-])cc1OC. The first-order valence-corrected chi connectivity index (χ1v) is 7.91. The number of aliphatic imine (C=N–C) groups is 1. The molecule has 2 heterocycles. The summed E-state index contributed by atoms with van der Waals surface area (Å²) in [5.41, 5.74) is -0.264. The highest BCUT2D eigenvalue weighted by Crippen LogP contribution is 2.36. The third kappa shape index (κ3) is 3.31. The topological polar surface area (TPSA) is 113 Å². The molecule has 0 atom stereocenters. The van der Waals surface area contributed by atoms with E-state index in [1.54, 1.807) is 12.1 Å². The molecule has 0 fully saturated rings. The van der Waals surface area contributed by atoms with Gasteiger partial charge in [0.25, 0.3) is 11.6 Å². The molecule has 0 unspecified atom stereocenters. The van der Waals surface area contributed by atoms with Crippen molar-refractivity contribution in [2.24, 2.45) is 4.99 Å². The Morgan fingerprint density at radius 3 is 2.50 bits per heavy atom. The van der Waals surface area contributed by atoms with Crippen LogP contribution in [-0.2, 0) is 9.53 Å². The normalized spacial score (nSPS) is 15.0. The van der Waals surface area contributed by atoms with E-state index in [-0.39, 0.29) is 40.1 Å². The standard InChI is InChI=1S/C16H11BrN2O7/c1-23-12-6-8(10(19(21)22)7-13(12)24-2)5-9-16(20)26-15(18-9)11-3-4-14(17)25-11/h3-7H,1-2H3/b9-5+. The Morgan fingerprint density at radius 2 is 1.92 bits per heavy atom. The molecule has 1 aromatic carbocycles. The van der Waals surface area contributed by atoms with Gasteiger partial charge in [0.05, 0.1) is 30.8 Å². The molecule has 0 aliphatic carbocycles. The van der Waals surface area contributed by atoms with Crippen molar-refractivity contribution in [3.05, 3.63) is 56.1 Å². The Hall–Kier alpha value is -3.14. The Morgan fingerprint density at radius 1 is 1.23 bits per heavy atom. The van der Waals surface area contributed by atoms with Gasteiger partial charge in [-0.1, -0.05) is 0 Å². The van der Waals surface area contributed by atoms with Gasteiger partial charge in [-0.15, -0.1) is 0 Å². The number of benzene rings is 1. The maximum absolute atomic E-state index is 12.0. The average molecular weight is 423 g/mol. The second-order valence-electron chi connectivity index (χ2n) is 4.96. The van der Waals surface area contributed by atoms with E-state index in [1.807, 2.05) is 0 Å². The number of cyclic esters (lactones) is 1. The lowest BCUT2D eigenvalue weighted by molar-refractivity contribution is -0.385. The van der Waals surface area contributed by atoms with Crippen LogP contribution in [0.3, 0.4) is 0 Å². The predicted molar refractivity (Wildman–Crippen MR) is 93.2 cm³/mol. The molecule has 2 aromatic rings. The first-order valence-electron chi connectivity index (χ1n) is 7.11. The van der Waals surface area contributed by atoms with Crippen LogP contribution >= 0.6 is 15.9 Å². The Kier molecular flexibility index (Phi) is 4.76. The minimum atomic E-state index is -0.753. The summed E-state index contributed by atoms with van der Waals surface area (Å²) in [5.74, 6) is -0.0717. The fraction of sp³-hybridized carbons (Fsp3) is 0.125. The molecule has 0 saturated carbocycles. The van der Waals surface area contributed by atoms with Gasteiger partial charge in [-0.2, -0.15) is 0 Å². The number of nitro benzene ring substituents is 1. The van der Waals surface area contributed by atoms with Crippen LogP contribution in [-0.4, -0.2) is 31.0 Å². The van der Waals surface area contributed by atoms with Crippen molar-refractivity contribution in [2.45, 2.75) is 0 Å². The number of halogens is 1. The fourth-order valence-corrected chi connectivity index (χ4v) is 2.56. The summed E-state index contributed by atoms with van der Waals surface area (Å²) in [6.45, 7) is 0. The van der Waals surface area contributed by atoms with Crippen LogP contribution in [0.25, 0.3) is 6.08 Å². The van der Waals surface area contributed by atoms with E-state index in [4.69, 9.17) is 18.6 Å². The van der Waals surface area contributed by atoms with E-state index in [1.165, 1.54) is 32.4 Å². The van der Waals surface area contributed by atoms with Gasteiger partial charge in [0.2, 0.25) is 0 Å². The van der Waals surface area contributed by atoms with Crippen LogP contribution in [0.1, 0.15) is 11.3 Å². The molecule has 1 aliphatic heterocycles. The van der Waals surface area contributed by atoms with Gasteiger partial charge in [0.1, 0.15) is 0 Å². The third-order valence-electron chi connectivity index (χ3n) is 3.43. The summed E-state index contributed by atoms with van der Waals surface area (Å²) >= 11 is 3.14. The molecule has 0 N–H and O–H groups in total. The molecule has 9 nitrogen and oxygen atoms in total. The summed E-state index contributed by atoms with van der Waals surface area (Å²) in [7, 11) is 2.77. The average Bonchev–Trinajstić information content (AvgIpc) is 3.20. The highest BCUT2D eigenvalue weighted by atomic mass is 79.9. The molecule has 0 amide bonds. The van der Waals surface area contributed by atoms with E-state index in [9.17, 15) is 14.9 Å². The monoisotopic (exact) mass is 422 g/mol. The lowest BCUT2D eigenvalue weighted by atomic mass is 10.1. The Labute approximate surface area is 155 Å². The van der Waals surface area contributed by atoms with Crippen LogP contribution in [0.2, 0.25) is 0 Å². The van der Waals surface area contributed by atoms with Crippen molar-refractivity contribution in [3.8, 4) is 11.5 Å². The van der Waals surface area contributed by atoms with E-state index < -0.39 is 10.9 Å². The molecule has 26 heavy (non-hydrogen) atoms. The first-order chi connectivity index (χ1) is 12.4. The van der Waals surface area contributed by atoms with Crippen molar-refractivity contribution in [1.29, 1.82) is 0 Å². The number of esters is 1. The lowest BCUT2D eigenvalue weighted by Gasteiger charge is -2.08. The van der Waals surface area contributed by atoms with Crippen LogP contribution in [0, 0.1) is 10.1 Å². The maximum Gasteiger partial charge on any atom is 0.363 e. The van der Waals surface area contributed by atoms with Crippen LogP contribution in [0.4, 0.5) is 5.69 Å². The van der Waals surface area contributed by atoms with Crippen LogP contribution in [0.15, 0.2) is 44.0 Å². The number of hydrogen-bond donors (Lipinski definition) is 0. The van der Waals surface area contributed by atoms with E-state index in [0.29, 0.717) is 4.67 Å². The Bertz CT molecular complexity index is 962. The minimum Gasteiger partial charge on any atom is -0.493 e. The molecule has 1 aromatic heterocycles. The van der Waals surface area contributed by atoms with E-state index >= 15 is 0 Å². The van der Waals surface area contributed by atoms with Crippen LogP contribution in [0.5, 0.6) is 11.5 Å². The molecule has 0 radical (unpaired) electrons. The zero-order valence-corrected chi connectivity index (χ0v) is 15.1. The first kappa shape index (κ1) is 17.7. The summed E-state index contributed by atoms with van der Waals surface area (Å²) in [6, 6.07) is 5.78. The highest BCUT2D eigenvalue weighted by molar-refractivity contribution is 9.10. The predicted octanol–water partition coefficient (Wildman–Crippen LogP) is 3.31. The van der Waals surface area contributed by atoms with Crippen molar-refractivity contribution in [2.75, 3.05) is 14.2 Å². The Balaban J connectivity index is 2.07. The van der Waals surface area contributed by atoms with E-state index in [2.05, 4.69) is 20.9 Å². The van der Waals surface area contributed by atoms with Crippen LogP contribution < -0.4 is 9.47 Å². The minimum absolute atomic E-state index is 0.0323. The second-order valence-corrected chi connectivity index (χ2v) is 5.74. The van der Waals surface area contributed by atoms with Gasteiger partial charge in [-0.05, 0) is 40.2 Å². The number of furan rings is 1. The third-order valence-corrected chi connectivity index (χ3v) is 3.85. The lowest BCUT2D eigenvalue weighted by Crippen LogP contribution is -2.04. The molecule has 1 aliphatic rings. The molecule has 10 heteroatoms. The van der Waals surface area contributed by atoms with Gasteiger partial charge >= 0.3 is 5.97 Å². The van der Waals surface area contributed by atoms with Gasteiger partial charge in [-0.3, -0.25) is 10.1 Å². The quantitative estimate of drug-likeness (QED) is 0.314. The highest BCUT2D eigenvalue weighted by Gasteiger charge is 2.28. The molecule has 0 bridgehead atoms. The van der Waals surface area contributed by atoms with Crippen molar-refractivity contribution >= 4 is 39.6 Å². The fourth-order valence-electron chi connectivity index (χ4n) is 2.25. The number of methoxy groups -OCH3 is 2. The molecule has 0 spiro atoms. The molecule has 0 saturated heterocycles. The van der Waals surface area contributed by atoms with Gasteiger partial charge < -0.3 is 18.6 Å². The summed E-state index contributed by atoms with van der Waals surface area (Å²) in [4.78, 5) is 26.8. The molecule has 3 rings (SSSR count). The maximum atomic E-state index is 12.0. The number of nitrogens with zero attached hydrogens (tertiary/aromatic N) is 2. The number of carbonyl (C=O) groups excluding carboxylic acids is 1. The molecular formula is C16H11BrN2O7. The zero-order chi connectivity index (χ0) is 18.8. The summed E-state index contributed by atoms with van der Waals surface area (Å²) in [6.07, 6.45) is 1.24. The molecular weight excluding hydrogens is 412 g/mol. The number of carbonyl (C=O) groups is 1.